The van der Waals surface area contributed by atoms with Crippen molar-refractivity contribution in [3.05, 3.63) is 59.7 Å². The Morgan fingerprint density at radius 1 is 1.05 bits per heavy atom. The summed E-state index contributed by atoms with van der Waals surface area (Å²) < 4.78 is 24.6. The van der Waals surface area contributed by atoms with Gasteiger partial charge in [-0.25, -0.2) is 13.2 Å². The van der Waals surface area contributed by atoms with Crippen molar-refractivity contribution >= 4 is 21.5 Å². The molecule has 0 saturated heterocycles. The van der Waals surface area contributed by atoms with E-state index in [0.29, 0.717) is 5.56 Å². The molecule has 0 bridgehead atoms. The highest BCUT2D eigenvalue weighted by Gasteiger charge is 2.21. The maximum atomic E-state index is 12.3. The first-order valence-corrected chi connectivity index (χ1v) is 7.45. The molecule has 2 rings (SSSR count). The molecule has 0 unspecified atom stereocenters. The lowest BCUT2D eigenvalue weighted by Gasteiger charge is -2.09. The first kappa shape index (κ1) is 14.1. The van der Waals surface area contributed by atoms with E-state index in [1.54, 1.807) is 30.3 Å². The Morgan fingerprint density at radius 2 is 1.70 bits per heavy atom. The molecule has 0 amide bonds. The van der Waals surface area contributed by atoms with Crippen molar-refractivity contribution in [2.75, 3.05) is 5.73 Å². The first-order chi connectivity index (χ1) is 9.42. The number of carboxylic acids is 1. The minimum atomic E-state index is -3.69. The van der Waals surface area contributed by atoms with Gasteiger partial charge in [-0.2, -0.15) is 0 Å². The monoisotopic (exact) mass is 291 g/mol. The third-order valence-electron chi connectivity index (χ3n) is 2.83. The lowest BCUT2D eigenvalue weighted by atomic mass is 10.2. The average Bonchev–Trinajstić information content (AvgIpc) is 2.39. The molecule has 20 heavy (non-hydrogen) atoms. The lowest BCUT2D eigenvalue weighted by Crippen LogP contribution is -2.11. The maximum absolute atomic E-state index is 12.3. The van der Waals surface area contributed by atoms with Gasteiger partial charge in [-0.15, -0.1) is 0 Å². The van der Waals surface area contributed by atoms with Crippen LogP contribution in [0.25, 0.3) is 0 Å². The molecule has 0 heterocycles. The zero-order valence-corrected chi connectivity index (χ0v) is 11.3. The van der Waals surface area contributed by atoms with E-state index in [1.165, 1.54) is 18.2 Å². The number of carboxylic acid groups (broad SMARTS) is 1. The molecule has 0 aromatic heterocycles. The molecule has 0 spiro atoms. The minimum Gasteiger partial charge on any atom is -0.478 e. The summed E-state index contributed by atoms with van der Waals surface area (Å²) in [7, 11) is -3.69. The van der Waals surface area contributed by atoms with Gasteiger partial charge in [-0.3, -0.25) is 0 Å². The zero-order chi connectivity index (χ0) is 14.8. The van der Waals surface area contributed by atoms with E-state index >= 15 is 0 Å². The normalized spacial score (nSPS) is 11.2. The Kier molecular flexibility index (Phi) is 3.76. The highest BCUT2D eigenvalue weighted by molar-refractivity contribution is 7.90. The molecule has 3 N–H and O–H groups in total. The molecule has 0 fully saturated rings. The first-order valence-electron chi connectivity index (χ1n) is 5.80. The zero-order valence-electron chi connectivity index (χ0n) is 10.5. The smallest absolute Gasteiger partial charge is 0.337 e. The molecule has 2 aromatic rings. The molecule has 5 nitrogen and oxygen atoms in total. The summed E-state index contributed by atoms with van der Waals surface area (Å²) in [6, 6.07) is 12.6. The van der Waals surface area contributed by atoms with Gasteiger partial charge in [-0.1, -0.05) is 36.4 Å². The second-order valence-electron chi connectivity index (χ2n) is 4.27. The molecule has 104 valence electrons. The van der Waals surface area contributed by atoms with Crippen molar-refractivity contribution < 1.29 is 18.3 Å². The van der Waals surface area contributed by atoms with Gasteiger partial charge in [0, 0.05) is 0 Å². The number of para-hydroxylation sites is 1. The van der Waals surface area contributed by atoms with Crippen LogP contribution in [0.5, 0.6) is 0 Å². The predicted molar refractivity (Wildman–Crippen MR) is 75.1 cm³/mol. The Labute approximate surface area is 116 Å². The number of hydrogen-bond donors (Lipinski definition) is 2. The van der Waals surface area contributed by atoms with Crippen LogP contribution in [0, 0.1) is 0 Å². The Bertz CT molecular complexity index is 739. The fourth-order valence-corrected chi connectivity index (χ4v) is 3.39. The van der Waals surface area contributed by atoms with Gasteiger partial charge in [0.05, 0.1) is 21.9 Å². The quantitative estimate of drug-likeness (QED) is 0.839. The van der Waals surface area contributed by atoms with Crippen LogP contribution in [0.1, 0.15) is 15.9 Å². The molecule has 0 saturated carbocycles. The minimum absolute atomic E-state index is 0.152. The van der Waals surface area contributed by atoms with Gasteiger partial charge < -0.3 is 10.8 Å². The maximum Gasteiger partial charge on any atom is 0.337 e. The third-order valence-corrected chi connectivity index (χ3v) is 4.57. The topological polar surface area (TPSA) is 97.5 Å². The summed E-state index contributed by atoms with van der Waals surface area (Å²) in [5.74, 6) is -1.47. The van der Waals surface area contributed by atoms with E-state index in [2.05, 4.69) is 0 Å². The number of hydrogen-bond acceptors (Lipinski definition) is 4. The van der Waals surface area contributed by atoms with Gasteiger partial charge in [0.1, 0.15) is 0 Å². The molecule has 6 heteroatoms. The fraction of sp³-hybridized carbons (Fsp3) is 0.0714. The van der Waals surface area contributed by atoms with E-state index in [0.717, 1.165) is 0 Å². The number of carbonyl (C=O) groups is 1. The van der Waals surface area contributed by atoms with E-state index < -0.39 is 15.8 Å². The predicted octanol–water partition coefficient (Wildman–Crippen LogP) is 1.94. The van der Waals surface area contributed by atoms with Crippen molar-refractivity contribution in [2.24, 2.45) is 0 Å². The van der Waals surface area contributed by atoms with Crippen LogP contribution >= 0.6 is 0 Å². The summed E-state index contributed by atoms with van der Waals surface area (Å²) in [4.78, 5) is 10.8. The van der Waals surface area contributed by atoms with Crippen LogP contribution in [0.3, 0.4) is 0 Å². The van der Waals surface area contributed by atoms with E-state index in [4.69, 9.17) is 10.8 Å². The van der Waals surface area contributed by atoms with Gasteiger partial charge in [0.15, 0.2) is 9.84 Å². The van der Waals surface area contributed by atoms with Gasteiger partial charge in [0.2, 0.25) is 0 Å². The van der Waals surface area contributed by atoms with Crippen LogP contribution in [-0.4, -0.2) is 19.5 Å². The summed E-state index contributed by atoms with van der Waals surface area (Å²) >= 11 is 0. The molecule has 2 aromatic carbocycles. The van der Waals surface area contributed by atoms with Crippen molar-refractivity contribution in [2.45, 2.75) is 10.6 Å². The van der Waals surface area contributed by atoms with Crippen LogP contribution in [0.2, 0.25) is 0 Å². The van der Waals surface area contributed by atoms with Gasteiger partial charge >= 0.3 is 5.97 Å². The van der Waals surface area contributed by atoms with E-state index in [1.807, 2.05) is 0 Å². The number of rotatable bonds is 4. The van der Waals surface area contributed by atoms with Crippen molar-refractivity contribution in [3.8, 4) is 0 Å². The molecule has 0 radical (unpaired) electrons. The Hall–Kier alpha value is -2.34. The van der Waals surface area contributed by atoms with Gasteiger partial charge in [-0.05, 0) is 17.7 Å². The second kappa shape index (κ2) is 5.34. The summed E-state index contributed by atoms with van der Waals surface area (Å²) in [6.45, 7) is 0. The Balaban J connectivity index is 2.45. The highest BCUT2D eigenvalue weighted by Crippen LogP contribution is 2.25. The second-order valence-corrected chi connectivity index (χ2v) is 6.23. The van der Waals surface area contributed by atoms with Crippen LogP contribution < -0.4 is 5.73 Å². The number of sulfone groups is 1. The van der Waals surface area contributed by atoms with Gasteiger partial charge in [0.25, 0.3) is 0 Å². The van der Waals surface area contributed by atoms with Crippen LogP contribution in [-0.2, 0) is 15.6 Å². The van der Waals surface area contributed by atoms with E-state index in [9.17, 15) is 13.2 Å². The number of nitrogen functional groups attached to an aromatic ring is 1. The molecular weight excluding hydrogens is 278 g/mol. The third kappa shape index (κ3) is 2.80. The van der Waals surface area contributed by atoms with Crippen molar-refractivity contribution in [3.63, 3.8) is 0 Å². The average molecular weight is 291 g/mol. The van der Waals surface area contributed by atoms with Crippen LogP contribution in [0.15, 0.2) is 53.4 Å². The number of anilines is 1. The van der Waals surface area contributed by atoms with E-state index in [-0.39, 0.29) is 21.9 Å². The molecular formula is C14H13NO4S. The van der Waals surface area contributed by atoms with Crippen LogP contribution in [0.4, 0.5) is 5.69 Å². The van der Waals surface area contributed by atoms with Crippen molar-refractivity contribution in [1.82, 2.24) is 0 Å². The number of benzene rings is 2. The largest absolute Gasteiger partial charge is 0.478 e. The molecule has 0 atom stereocenters. The number of nitrogens with two attached hydrogens (primary N) is 1. The molecule has 0 aliphatic heterocycles. The molecule has 0 aliphatic carbocycles. The molecule has 0 aliphatic rings. The number of aromatic carboxylic acids is 1. The lowest BCUT2D eigenvalue weighted by molar-refractivity contribution is 0.0698. The summed E-state index contributed by atoms with van der Waals surface area (Å²) in [5.41, 5.74) is 5.85. The fourth-order valence-electron chi connectivity index (χ4n) is 1.87. The SMILES string of the molecule is Nc1c(C(=O)O)cccc1S(=O)(=O)Cc1ccccc1. The van der Waals surface area contributed by atoms with Crippen molar-refractivity contribution in [1.29, 1.82) is 0 Å². The summed E-state index contributed by atoms with van der Waals surface area (Å²) in [5, 5.41) is 8.97. The standard InChI is InChI=1S/C14H13NO4S/c15-13-11(14(16)17)7-4-8-12(13)20(18,19)9-10-5-2-1-3-6-10/h1-8H,9,15H2,(H,16,17). The Morgan fingerprint density at radius 3 is 2.30 bits per heavy atom. The summed E-state index contributed by atoms with van der Waals surface area (Å²) in [6.07, 6.45) is 0. The highest BCUT2D eigenvalue weighted by atomic mass is 32.2.